The van der Waals surface area contributed by atoms with Crippen molar-refractivity contribution in [3.63, 3.8) is 0 Å². The minimum atomic E-state index is -0.771. The maximum absolute atomic E-state index is 13.1. The molecule has 16 heavy (non-hydrogen) atoms. The number of hydrogen-bond acceptors (Lipinski definition) is 1. The zero-order chi connectivity index (χ0) is 11.6. The second kappa shape index (κ2) is 5.55. The normalized spacial score (nSPS) is 10.6. The zero-order valence-electron chi connectivity index (χ0n) is 9.40. The molecule has 0 aliphatic heterocycles. The number of amides is 1. The van der Waals surface area contributed by atoms with Gasteiger partial charge in [0, 0.05) is 33.2 Å². The van der Waals surface area contributed by atoms with Crippen LogP contribution in [0.15, 0.2) is 18.2 Å². The molecule has 2 nitrogen and oxygen atoms in total. The second-order valence-electron chi connectivity index (χ2n) is 4.33. The first kappa shape index (κ1) is 15.3. The Morgan fingerprint density at radius 3 is 2.25 bits per heavy atom. The molecule has 1 N–H and O–H groups in total. The fraction of sp³-hybridized carbons (Fsp3) is 0.364. The summed E-state index contributed by atoms with van der Waals surface area (Å²) >= 11 is 0. The van der Waals surface area contributed by atoms with E-state index in [1.54, 1.807) is 20.8 Å². The standard InChI is InChI=1S/C11H13F2NO.Ti/c1-11(2,3)10(15)14-9-5-4-7(12)6-8(9)13;/h4-6H,1-3H3,(H,14,15);. The summed E-state index contributed by atoms with van der Waals surface area (Å²) < 4.78 is 25.7. The van der Waals surface area contributed by atoms with E-state index >= 15 is 0 Å². The number of hydrogen-bond donors (Lipinski definition) is 1. The van der Waals surface area contributed by atoms with Gasteiger partial charge in [-0.2, -0.15) is 0 Å². The summed E-state index contributed by atoms with van der Waals surface area (Å²) in [5.74, 6) is -1.75. The third-order valence-corrected chi connectivity index (χ3v) is 1.86. The molecule has 0 spiro atoms. The van der Waals surface area contributed by atoms with Crippen molar-refractivity contribution in [3.8, 4) is 0 Å². The zero-order valence-corrected chi connectivity index (χ0v) is 11.0. The Labute approximate surface area is 108 Å². The van der Waals surface area contributed by atoms with Gasteiger partial charge in [-0.15, -0.1) is 0 Å². The van der Waals surface area contributed by atoms with Crippen molar-refractivity contribution >= 4 is 11.6 Å². The number of carbonyl (C=O) groups excluding carboxylic acids is 1. The van der Waals surface area contributed by atoms with Crippen molar-refractivity contribution in [1.29, 1.82) is 0 Å². The Morgan fingerprint density at radius 2 is 1.81 bits per heavy atom. The fourth-order valence-corrected chi connectivity index (χ4v) is 0.901. The summed E-state index contributed by atoms with van der Waals surface area (Å²) in [5.41, 5.74) is -0.614. The van der Waals surface area contributed by atoms with E-state index in [2.05, 4.69) is 5.32 Å². The molecule has 1 aromatic carbocycles. The van der Waals surface area contributed by atoms with Crippen LogP contribution >= 0.6 is 0 Å². The van der Waals surface area contributed by atoms with Crippen LogP contribution in [0.5, 0.6) is 0 Å². The number of rotatable bonds is 1. The van der Waals surface area contributed by atoms with Crippen LogP contribution in [0.3, 0.4) is 0 Å². The molecule has 0 fully saturated rings. The Morgan fingerprint density at radius 1 is 1.25 bits per heavy atom. The number of halogens is 2. The average molecular weight is 261 g/mol. The van der Waals surface area contributed by atoms with Crippen LogP contribution in [0.25, 0.3) is 0 Å². The van der Waals surface area contributed by atoms with Gasteiger partial charge in [-0.25, -0.2) is 8.78 Å². The van der Waals surface area contributed by atoms with Crippen LogP contribution < -0.4 is 5.32 Å². The quantitative estimate of drug-likeness (QED) is 0.773. The Balaban J connectivity index is 0.00000225. The van der Waals surface area contributed by atoms with Gasteiger partial charge in [0.05, 0.1) is 5.69 Å². The topological polar surface area (TPSA) is 29.1 Å². The summed E-state index contributed by atoms with van der Waals surface area (Å²) in [5, 5.41) is 2.40. The van der Waals surface area contributed by atoms with E-state index in [9.17, 15) is 13.6 Å². The monoisotopic (exact) mass is 261 g/mol. The Kier molecular flexibility index (Phi) is 5.30. The smallest absolute Gasteiger partial charge is 0.229 e. The van der Waals surface area contributed by atoms with E-state index in [0.29, 0.717) is 0 Å². The van der Waals surface area contributed by atoms with Crippen LogP contribution in [0.2, 0.25) is 0 Å². The molecule has 0 atom stereocenters. The summed E-state index contributed by atoms with van der Waals surface area (Å²) in [6.45, 7) is 5.14. The molecule has 86 valence electrons. The molecule has 0 unspecified atom stereocenters. The predicted molar refractivity (Wildman–Crippen MR) is 54.4 cm³/mol. The molecule has 0 heterocycles. The van der Waals surface area contributed by atoms with Crippen LogP contribution in [-0.2, 0) is 26.5 Å². The Hall–Kier alpha value is -0.736. The molecule has 1 aromatic rings. The van der Waals surface area contributed by atoms with Crippen molar-refractivity contribution in [3.05, 3.63) is 29.8 Å². The largest absolute Gasteiger partial charge is 0.323 e. The molecule has 0 radical (unpaired) electrons. The molecule has 0 saturated heterocycles. The maximum Gasteiger partial charge on any atom is 0.229 e. The van der Waals surface area contributed by atoms with E-state index in [-0.39, 0.29) is 33.3 Å². The van der Waals surface area contributed by atoms with E-state index in [1.165, 1.54) is 6.07 Å². The average Bonchev–Trinajstić information content (AvgIpc) is 2.08. The SMILES string of the molecule is CC(C)(C)C(=O)Nc1ccc(F)cc1F.[Ti]. The number of nitrogens with one attached hydrogen (secondary N) is 1. The molecule has 0 bridgehead atoms. The van der Waals surface area contributed by atoms with Gasteiger partial charge in [0.1, 0.15) is 11.6 Å². The van der Waals surface area contributed by atoms with Gasteiger partial charge in [-0.1, -0.05) is 20.8 Å². The summed E-state index contributed by atoms with van der Waals surface area (Å²) in [4.78, 5) is 11.5. The van der Waals surface area contributed by atoms with Gasteiger partial charge >= 0.3 is 0 Å². The fourth-order valence-electron chi connectivity index (χ4n) is 0.901. The van der Waals surface area contributed by atoms with Gasteiger partial charge in [0.2, 0.25) is 5.91 Å². The number of anilines is 1. The van der Waals surface area contributed by atoms with E-state index < -0.39 is 17.0 Å². The first-order valence-corrected chi connectivity index (χ1v) is 4.57. The molecule has 0 aromatic heterocycles. The minimum Gasteiger partial charge on any atom is -0.323 e. The molecule has 1 amide bonds. The van der Waals surface area contributed by atoms with Crippen LogP contribution in [0.1, 0.15) is 20.8 Å². The first-order valence-electron chi connectivity index (χ1n) is 4.57. The van der Waals surface area contributed by atoms with E-state index in [1.807, 2.05) is 0 Å². The van der Waals surface area contributed by atoms with Crippen molar-refractivity contribution in [1.82, 2.24) is 0 Å². The summed E-state index contributed by atoms with van der Waals surface area (Å²) in [6, 6.07) is 3.04. The second-order valence-corrected chi connectivity index (χ2v) is 4.33. The number of benzene rings is 1. The predicted octanol–water partition coefficient (Wildman–Crippen LogP) is 2.95. The third-order valence-electron chi connectivity index (χ3n) is 1.86. The van der Waals surface area contributed by atoms with Crippen molar-refractivity contribution in [2.45, 2.75) is 20.8 Å². The maximum atomic E-state index is 13.1. The van der Waals surface area contributed by atoms with E-state index in [0.717, 1.165) is 12.1 Å². The molecule has 1 rings (SSSR count). The van der Waals surface area contributed by atoms with Crippen LogP contribution in [-0.4, -0.2) is 5.91 Å². The molecule has 0 saturated carbocycles. The van der Waals surface area contributed by atoms with Crippen molar-refractivity contribution in [2.24, 2.45) is 5.41 Å². The molecule has 0 aliphatic rings. The van der Waals surface area contributed by atoms with Gasteiger partial charge in [0.15, 0.2) is 0 Å². The van der Waals surface area contributed by atoms with Gasteiger partial charge in [0.25, 0.3) is 0 Å². The Bertz CT molecular complexity index is 388. The van der Waals surface area contributed by atoms with Crippen LogP contribution in [0, 0.1) is 17.0 Å². The molecule has 0 aliphatic carbocycles. The van der Waals surface area contributed by atoms with Crippen LogP contribution in [0.4, 0.5) is 14.5 Å². The molecule has 5 heteroatoms. The van der Waals surface area contributed by atoms with Gasteiger partial charge in [-0.05, 0) is 12.1 Å². The van der Waals surface area contributed by atoms with Gasteiger partial charge < -0.3 is 5.32 Å². The molecular formula is C11H13F2NOTi. The summed E-state index contributed by atoms with van der Waals surface area (Å²) in [6.07, 6.45) is 0. The minimum absolute atomic E-state index is 0. The van der Waals surface area contributed by atoms with Gasteiger partial charge in [-0.3, -0.25) is 4.79 Å². The van der Waals surface area contributed by atoms with Crippen molar-refractivity contribution < 1.29 is 35.3 Å². The summed E-state index contributed by atoms with van der Waals surface area (Å²) in [7, 11) is 0. The van der Waals surface area contributed by atoms with E-state index in [4.69, 9.17) is 0 Å². The van der Waals surface area contributed by atoms with Crippen molar-refractivity contribution in [2.75, 3.05) is 5.32 Å². The first-order chi connectivity index (χ1) is 6.80. The number of carbonyl (C=O) groups is 1. The molecular weight excluding hydrogens is 248 g/mol. The third kappa shape index (κ3) is 4.02.